The number of unbranched alkanes of at least 4 members (excludes halogenated alkanes) is 9. The van der Waals surface area contributed by atoms with Crippen molar-refractivity contribution in [3.63, 3.8) is 0 Å². The Labute approximate surface area is 140 Å². The number of alkyl halides is 3. The van der Waals surface area contributed by atoms with Crippen LogP contribution in [0.1, 0.15) is 76.8 Å². The number of hydrogen-bond donors (Lipinski definition) is 1. The minimum Gasteiger partial charge on any atom is -0.303 e. The van der Waals surface area contributed by atoms with Crippen LogP contribution in [0, 0.1) is 0 Å². The zero-order valence-corrected chi connectivity index (χ0v) is 14.3. The van der Waals surface area contributed by atoms with E-state index in [0.29, 0.717) is 12.5 Å². The molecule has 0 aliphatic carbocycles. The standard InChI is InChI=1S/C17H27F3N2O2/c1-2-3-4-5-6-7-8-9-10-11-12-22-15(23)13-14(17(18,19)20)21-16(22)24/h13H,2-12H2,1H3,(H,21,24). The largest absolute Gasteiger partial charge is 0.431 e. The Balaban J connectivity index is 2.29. The van der Waals surface area contributed by atoms with Crippen molar-refractivity contribution in [1.82, 2.24) is 9.55 Å². The summed E-state index contributed by atoms with van der Waals surface area (Å²) in [5, 5.41) is 0. The first-order valence-corrected chi connectivity index (χ1v) is 8.77. The van der Waals surface area contributed by atoms with Gasteiger partial charge in [0, 0.05) is 12.6 Å². The van der Waals surface area contributed by atoms with E-state index in [2.05, 4.69) is 6.92 Å². The summed E-state index contributed by atoms with van der Waals surface area (Å²) in [6.45, 7) is 2.34. The fraction of sp³-hybridized carbons (Fsp3) is 0.765. The zero-order chi connectivity index (χ0) is 18.0. The maximum Gasteiger partial charge on any atom is 0.431 e. The smallest absolute Gasteiger partial charge is 0.303 e. The number of nitrogens with one attached hydrogen (secondary N) is 1. The lowest BCUT2D eigenvalue weighted by molar-refractivity contribution is -0.141. The van der Waals surface area contributed by atoms with Gasteiger partial charge in [0.2, 0.25) is 0 Å². The molecule has 1 rings (SSSR count). The average molecular weight is 348 g/mol. The molecular weight excluding hydrogens is 321 g/mol. The molecule has 0 amide bonds. The molecule has 7 heteroatoms. The van der Waals surface area contributed by atoms with Crippen molar-refractivity contribution in [3.05, 3.63) is 32.6 Å². The predicted octanol–water partition coefficient (Wildman–Crippen LogP) is 4.48. The fourth-order valence-electron chi connectivity index (χ4n) is 2.64. The quantitative estimate of drug-likeness (QED) is 0.600. The van der Waals surface area contributed by atoms with E-state index in [9.17, 15) is 22.8 Å². The van der Waals surface area contributed by atoms with E-state index in [-0.39, 0.29) is 6.54 Å². The molecule has 0 fully saturated rings. The monoisotopic (exact) mass is 348 g/mol. The topological polar surface area (TPSA) is 54.9 Å². The Morgan fingerprint density at radius 3 is 1.88 bits per heavy atom. The molecule has 1 aromatic heterocycles. The molecule has 0 saturated carbocycles. The Morgan fingerprint density at radius 1 is 0.917 bits per heavy atom. The summed E-state index contributed by atoms with van der Waals surface area (Å²) >= 11 is 0. The van der Waals surface area contributed by atoms with Crippen LogP contribution in [-0.2, 0) is 12.7 Å². The summed E-state index contributed by atoms with van der Waals surface area (Å²) in [7, 11) is 0. The second-order valence-corrected chi connectivity index (χ2v) is 6.16. The van der Waals surface area contributed by atoms with Crippen LogP contribution in [0.5, 0.6) is 0 Å². The lowest BCUT2D eigenvalue weighted by Crippen LogP contribution is -2.37. The van der Waals surface area contributed by atoms with E-state index >= 15 is 0 Å². The molecule has 1 heterocycles. The maximum atomic E-state index is 12.5. The predicted molar refractivity (Wildman–Crippen MR) is 88.2 cm³/mol. The van der Waals surface area contributed by atoms with Crippen LogP contribution in [-0.4, -0.2) is 9.55 Å². The van der Waals surface area contributed by atoms with Gasteiger partial charge in [0.15, 0.2) is 0 Å². The first-order valence-electron chi connectivity index (χ1n) is 8.77. The van der Waals surface area contributed by atoms with Crippen LogP contribution in [0.2, 0.25) is 0 Å². The molecule has 0 aliphatic rings. The lowest BCUT2D eigenvalue weighted by atomic mass is 10.1. The Kier molecular flexibility index (Phi) is 8.85. The minimum atomic E-state index is -4.71. The molecule has 0 atom stereocenters. The molecule has 138 valence electrons. The zero-order valence-electron chi connectivity index (χ0n) is 14.3. The number of aromatic nitrogens is 2. The molecule has 0 saturated heterocycles. The summed E-state index contributed by atoms with van der Waals surface area (Å²) in [5.41, 5.74) is -3.19. The number of aromatic amines is 1. The van der Waals surface area contributed by atoms with Gasteiger partial charge >= 0.3 is 11.9 Å². The molecule has 0 spiro atoms. The van der Waals surface area contributed by atoms with Crippen molar-refractivity contribution >= 4 is 0 Å². The van der Waals surface area contributed by atoms with Crippen LogP contribution in [0.3, 0.4) is 0 Å². The molecule has 0 radical (unpaired) electrons. The van der Waals surface area contributed by atoms with Gasteiger partial charge in [0.05, 0.1) is 0 Å². The summed E-state index contributed by atoms with van der Waals surface area (Å²) < 4.78 is 38.3. The second kappa shape index (κ2) is 10.4. The van der Waals surface area contributed by atoms with E-state index in [4.69, 9.17) is 0 Å². The number of hydrogen-bond acceptors (Lipinski definition) is 2. The highest BCUT2D eigenvalue weighted by Crippen LogP contribution is 2.25. The van der Waals surface area contributed by atoms with Crippen molar-refractivity contribution in [2.24, 2.45) is 0 Å². The van der Waals surface area contributed by atoms with E-state index in [1.54, 1.807) is 4.98 Å². The first kappa shape index (κ1) is 20.5. The molecule has 24 heavy (non-hydrogen) atoms. The van der Waals surface area contributed by atoms with Crippen LogP contribution in [0.25, 0.3) is 0 Å². The highest BCUT2D eigenvalue weighted by molar-refractivity contribution is 5.03. The third-order valence-electron chi connectivity index (χ3n) is 4.06. The summed E-state index contributed by atoms with van der Waals surface area (Å²) in [6.07, 6.45) is 6.40. The number of nitrogens with zero attached hydrogens (tertiary/aromatic N) is 1. The van der Waals surface area contributed by atoms with Crippen molar-refractivity contribution in [1.29, 1.82) is 0 Å². The SMILES string of the molecule is CCCCCCCCCCCCn1c(=O)cc(C(F)(F)F)[nH]c1=O. The summed E-state index contributed by atoms with van der Waals surface area (Å²) in [6, 6.07) is 0.442. The first-order chi connectivity index (χ1) is 11.4. The van der Waals surface area contributed by atoms with Gasteiger partial charge in [-0.2, -0.15) is 13.2 Å². The fourth-order valence-corrected chi connectivity index (χ4v) is 2.64. The van der Waals surface area contributed by atoms with Gasteiger partial charge in [-0.3, -0.25) is 9.36 Å². The van der Waals surface area contributed by atoms with Crippen molar-refractivity contribution in [2.75, 3.05) is 0 Å². The summed E-state index contributed by atoms with van der Waals surface area (Å²) in [4.78, 5) is 25.0. The molecular formula is C17H27F3N2O2. The molecule has 0 aliphatic heterocycles. The van der Waals surface area contributed by atoms with E-state index in [0.717, 1.165) is 23.8 Å². The lowest BCUT2D eigenvalue weighted by Gasteiger charge is -2.08. The normalized spacial score (nSPS) is 11.8. The molecule has 4 nitrogen and oxygen atoms in total. The van der Waals surface area contributed by atoms with Gasteiger partial charge in [-0.1, -0.05) is 64.7 Å². The third kappa shape index (κ3) is 7.36. The Hall–Kier alpha value is -1.53. The van der Waals surface area contributed by atoms with Crippen molar-refractivity contribution < 1.29 is 13.2 Å². The van der Waals surface area contributed by atoms with Gasteiger partial charge in [-0.05, 0) is 6.42 Å². The second-order valence-electron chi connectivity index (χ2n) is 6.16. The maximum absolute atomic E-state index is 12.5. The molecule has 0 aromatic carbocycles. The molecule has 0 bridgehead atoms. The van der Waals surface area contributed by atoms with E-state index in [1.807, 2.05) is 0 Å². The molecule has 0 unspecified atom stereocenters. The van der Waals surface area contributed by atoms with Crippen LogP contribution in [0.4, 0.5) is 13.2 Å². The van der Waals surface area contributed by atoms with Gasteiger partial charge in [-0.25, -0.2) is 4.79 Å². The van der Waals surface area contributed by atoms with Crippen molar-refractivity contribution in [2.45, 2.75) is 83.9 Å². The van der Waals surface area contributed by atoms with Crippen LogP contribution < -0.4 is 11.2 Å². The Morgan fingerprint density at radius 2 is 1.42 bits per heavy atom. The highest BCUT2D eigenvalue weighted by atomic mass is 19.4. The van der Waals surface area contributed by atoms with E-state index in [1.165, 1.54) is 38.5 Å². The number of rotatable bonds is 11. The van der Waals surface area contributed by atoms with Gasteiger partial charge in [-0.15, -0.1) is 0 Å². The summed E-state index contributed by atoms with van der Waals surface area (Å²) in [5.74, 6) is 0. The minimum absolute atomic E-state index is 0.156. The van der Waals surface area contributed by atoms with Gasteiger partial charge in [0.1, 0.15) is 5.69 Å². The number of H-pyrrole nitrogens is 1. The van der Waals surface area contributed by atoms with E-state index < -0.39 is 23.1 Å². The molecule has 1 aromatic rings. The molecule has 1 N–H and O–H groups in total. The third-order valence-corrected chi connectivity index (χ3v) is 4.06. The Bertz CT molecular complexity index is 559. The average Bonchev–Trinajstić information content (AvgIpc) is 2.50. The van der Waals surface area contributed by atoms with Crippen LogP contribution >= 0.6 is 0 Å². The van der Waals surface area contributed by atoms with Gasteiger partial charge in [0.25, 0.3) is 5.56 Å². The highest BCUT2D eigenvalue weighted by Gasteiger charge is 2.32. The van der Waals surface area contributed by atoms with Crippen LogP contribution in [0.15, 0.2) is 15.7 Å². The number of halogens is 3. The van der Waals surface area contributed by atoms with Gasteiger partial charge < -0.3 is 4.98 Å². The van der Waals surface area contributed by atoms with Crippen molar-refractivity contribution in [3.8, 4) is 0 Å².